The SMILES string of the molecule is OCC1CCCC1NCCOCC(F)(F)F. The van der Waals surface area contributed by atoms with Crippen LogP contribution in [0, 0.1) is 5.92 Å². The van der Waals surface area contributed by atoms with E-state index in [1.165, 1.54) is 0 Å². The molecule has 0 spiro atoms. The molecule has 16 heavy (non-hydrogen) atoms. The molecule has 6 heteroatoms. The van der Waals surface area contributed by atoms with E-state index in [2.05, 4.69) is 10.1 Å². The number of ether oxygens (including phenoxy) is 1. The van der Waals surface area contributed by atoms with Crippen LogP contribution in [0.4, 0.5) is 13.2 Å². The van der Waals surface area contributed by atoms with Gasteiger partial charge < -0.3 is 15.2 Å². The standard InChI is InChI=1S/C10H18F3NO2/c11-10(12,13)7-16-5-4-14-9-3-1-2-8(9)6-15/h8-9,14-15H,1-7H2. The molecule has 1 saturated carbocycles. The number of aliphatic hydroxyl groups is 1. The Morgan fingerprint density at radius 2 is 2.06 bits per heavy atom. The highest BCUT2D eigenvalue weighted by atomic mass is 19.4. The molecule has 96 valence electrons. The highest BCUT2D eigenvalue weighted by Crippen LogP contribution is 2.24. The van der Waals surface area contributed by atoms with E-state index in [0.717, 1.165) is 19.3 Å². The van der Waals surface area contributed by atoms with Crippen LogP contribution in [0.5, 0.6) is 0 Å². The first-order valence-corrected chi connectivity index (χ1v) is 5.51. The fraction of sp³-hybridized carbons (Fsp3) is 1.00. The maximum Gasteiger partial charge on any atom is 0.411 e. The number of nitrogens with one attached hydrogen (secondary N) is 1. The molecule has 1 rings (SSSR count). The van der Waals surface area contributed by atoms with E-state index < -0.39 is 12.8 Å². The Kier molecular flexibility index (Phi) is 5.51. The van der Waals surface area contributed by atoms with Crippen molar-refractivity contribution in [3.63, 3.8) is 0 Å². The molecule has 0 aliphatic heterocycles. The molecule has 0 aromatic carbocycles. The van der Waals surface area contributed by atoms with Crippen LogP contribution in [-0.4, -0.2) is 43.7 Å². The fourth-order valence-corrected chi connectivity index (χ4v) is 2.03. The Balaban J connectivity index is 2.03. The lowest BCUT2D eigenvalue weighted by atomic mass is 10.1. The van der Waals surface area contributed by atoms with Crippen molar-refractivity contribution < 1.29 is 23.0 Å². The lowest BCUT2D eigenvalue weighted by molar-refractivity contribution is -0.173. The molecule has 3 nitrogen and oxygen atoms in total. The third-order valence-corrected chi connectivity index (χ3v) is 2.81. The quantitative estimate of drug-likeness (QED) is 0.689. The van der Waals surface area contributed by atoms with Gasteiger partial charge in [-0.1, -0.05) is 6.42 Å². The van der Waals surface area contributed by atoms with E-state index in [9.17, 15) is 13.2 Å². The fourth-order valence-electron chi connectivity index (χ4n) is 2.03. The van der Waals surface area contributed by atoms with Gasteiger partial charge in [-0.25, -0.2) is 0 Å². The van der Waals surface area contributed by atoms with Crippen LogP contribution in [0.25, 0.3) is 0 Å². The molecule has 2 unspecified atom stereocenters. The van der Waals surface area contributed by atoms with Gasteiger partial charge in [0.15, 0.2) is 0 Å². The molecule has 2 atom stereocenters. The second-order valence-electron chi connectivity index (χ2n) is 4.10. The summed E-state index contributed by atoms with van der Waals surface area (Å²) in [5, 5.41) is 12.1. The lowest BCUT2D eigenvalue weighted by Gasteiger charge is -2.19. The summed E-state index contributed by atoms with van der Waals surface area (Å²) in [7, 11) is 0. The van der Waals surface area contributed by atoms with E-state index in [-0.39, 0.29) is 25.2 Å². The average molecular weight is 241 g/mol. The van der Waals surface area contributed by atoms with Gasteiger partial charge in [-0.3, -0.25) is 0 Å². The predicted octanol–water partition coefficient (Wildman–Crippen LogP) is 1.32. The minimum atomic E-state index is -4.25. The molecule has 0 aromatic rings. The smallest absolute Gasteiger partial charge is 0.396 e. The number of alkyl halides is 3. The average Bonchev–Trinajstić information content (AvgIpc) is 2.63. The van der Waals surface area contributed by atoms with E-state index >= 15 is 0 Å². The third-order valence-electron chi connectivity index (χ3n) is 2.81. The van der Waals surface area contributed by atoms with Crippen LogP contribution >= 0.6 is 0 Å². The minimum Gasteiger partial charge on any atom is -0.396 e. The van der Waals surface area contributed by atoms with E-state index in [4.69, 9.17) is 5.11 Å². The molecule has 1 aliphatic carbocycles. The molecular formula is C10H18F3NO2. The Hall–Kier alpha value is -0.330. The second kappa shape index (κ2) is 6.42. The van der Waals surface area contributed by atoms with Crippen molar-refractivity contribution in [3.8, 4) is 0 Å². The highest BCUT2D eigenvalue weighted by Gasteiger charge is 2.28. The van der Waals surface area contributed by atoms with Gasteiger partial charge in [-0.15, -0.1) is 0 Å². The van der Waals surface area contributed by atoms with Crippen LogP contribution in [0.3, 0.4) is 0 Å². The van der Waals surface area contributed by atoms with Gasteiger partial charge in [0.2, 0.25) is 0 Å². The molecule has 1 fully saturated rings. The molecule has 1 aliphatic rings. The number of rotatable bonds is 6. The van der Waals surface area contributed by atoms with E-state index in [0.29, 0.717) is 6.54 Å². The van der Waals surface area contributed by atoms with Crippen molar-refractivity contribution in [1.82, 2.24) is 5.32 Å². The zero-order chi connectivity index (χ0) is 12.0. The van der Waals surface area contributed by atoms with Crippen molar-refractivity contribution in [2.24, 2.45) is 5.92 Å². The monoisotopic (exact) mass is 241 g/mol. The van der Waals surface area contributed by atoms with Crippen molar-refractivity contribution in [2.75, 3.05) is 26.4 Å². The van der Waals surface area contributed by atoms with Gasteiger partial charge in [-0.05, 0) is 18.8 Å². The van der Waals surface area contributed by atoms with Crippen molar-refractivity contribution in [3.05, 3.63) is 0 Å². The number of halogens is 3. The van der Waals surface area contributed by atoms with Crippen LogP contribution in [0.15, 0.2) is 0 Å². The van der Waals surface area contributed by atoms with Crippen LogP contribution in [0.1, 0.15) is 19.3 Å². The molecule has 0 amide bonds. The molecule has 2 N–H and O–H groups in total. The summed E-state index contributed by atoms with van der Waals surface area (Å²) < 4.78 is 39.6. The number of hydrogen-bond donors (Lipinski definition) is 2. The Labute approximate surface area is 93.0 Å². The third kappa shape index (κ3) is 5.14. The maximum atomic E-state index is 11.7. The summed E-state index contributed by atoms with van der Waals surface area (Å²) in [6.07, 6.45) is -1.23. The Morgan fingerprint density at radius 1 is 1.31 bits per heavy atom. The van der Waals surface area contributed by atoms with Gasteiger partial charge in [0.25, 0.3) is 0 Å². The maximum absolute atomic E-state index is 11.7. The summed E-state index contributed by atoms with van der Waals surface area (Å²) >= 11 is 0. The summed E-state index contributed by atoms with van der Waals surface area (Å²) in [6.45, 7) is -0.602. The van der Waals surface area contributed by atoms with Gasteiger partial charge in [0, 0.05) is 19.2 Å². The van der Waals surface area contributed by atoms with E-state index in [1.54, 1.807) is 0 Å². The topological polar surface area (TPSA) is 41.5 Å². The largest absolute Gasteiger partial charge is 0.411 e. The van der Waals surface area contributed by atoms with Crippen LogP contribution in [0.2, 0.25) is 0 Å². The molecule has 0 aromatic heterocycles. The summed E-state index contributed by atoms with van der Waals surface area (Å²) in [5.41, 5.74) is 0. The zero-order valence-corrected chi connectivity index (χ0v) is 9.09. The first-order chi connectivity index (χ1) is 7.53. The molecular weight excluding hydrogens is 223 g/mol. The first-order valence-electron chi connectivity index (χ1n) is 5.51. The van der Waals surface area contributed by atoms with E-state index in [1.807, 2.05) is 0 Å². The minimum absolute atomic E-state index is 0.0498. The van der Waals surface area contributed by atoms with Gasteiger partial charge in [0.05, 0.1) is 6.61 Å². The van der Waals surface area contributed by atoms with Gasteiger partial charge in [0.1, 0.15) is 6.61 Å². The van der Waals surface area contributed by atoms with Gasteiger partial charge in [-0.2, -0.15) is 13.2 Å². The first kappa shape index (κ1) is 13.7. The molecule has 0 bridgehead atoms. The van der Waals surface area contributed by atoms with Crippen molar-refractivity contribution in [1.29, 1.82) is 0 Å². The van der Waals surface area contributed by atoms with Crippen molar-refractivity contribution in [2.45, 2.75) is 31.5 Å². The molecule has 0 heterocycles. The lowest BCUT2D eigenvalue weighted by Crippen LogP contribution is -2.36. The Bertz CT molecular complexity index is 199. The molecule has 0 saturated heterocycles. The normalized spacial score (nSPS) is 26.2. The van der Waals surface area contributed by atoms with Crippen LogP contribution < -0.4 is 5.32 Å². The highest BCUT2D eigenvalue weighted by molar-refractivity contribution is 4.82. The second-order valence-corrected chi connectivity index (χ2v) is 4.10. The Morgan fingerprint density at radius 3 is 2.69 bits per heavy atom. The summed E-state index contributed by atoms with van der Waals surface area (Å²) in [6, 6.07) is 0.222. The molecule has 0 radical (unpaired) electrons. The predicted molar refractivity (Wildman–Crippen MR) is 53.1 cm³/mol. The van der Waals surface area contributed by atoms with Crippen molar-refractivity contribution >= 4 is 0 Å². The van der Waals surface area contributed by atoms with Gasteiger partial charge >= 0.3 is 6.18 Å². The number of aliphatic hydroxyl groups excluding tert-OH is 1. The number of hydrogen-bond acceptors (Lipinski definition) is 3. The summed E-state index contributed by atoms with van der Waals surface area (Å²) in [4.78, 5) is 0. The van der Waals surface area contributed by atoms with Crippen LogP contribution in [-0.2, 0) is 4.74 Å². The summed E-state index contributed by atoms with van der Waals surface area (Å²) in [5.74, 6) is 0.239. The zero-order valence-electron chi connectivity index (χ0n) is 9.09.